The number of aliphatic carboxylic acids is 1. The van der Waals surface area contributed by atoms with Gasteiger partial charge in [-0.3, -0.25) is 19.7 Å². The van der Waals surface area contributed by atoms with E-state index in [4.69, 9.17) is 5.11 Å². The number of nitro benzene ring substituents is 1. The van der Waals surface area contributed by atoms with Crippen molar-refractivity contribution >= 4 is 17.6 Å². The van der Waals surface area contributed by atoms with Gasteiger partial charge < -0.3 is 10.0 Å². The van der Waals surface area contributed by atoms with Crippen LogP contribution in [0.5, 0.6) is 0 Å². The second-order valence-corrected chi connectivity index (χ2v) is 5.12. The number of hydrogen-bond acceptors (Lipinski definition) is 4. The topological polar surface area (TPSA) is 101 Å². The number of carboxylic acid groups (broad SMARTS) is 1. The van der Waals surface area contributed by atoms with E-state index in [0.29, 0.717) is 6.54 Å². The Balaban J connectivity index is 2.91. The zero-order valence-corrected chi connectivity index (χ0v) is 12.0. The molecule has 0 bridgehead atoms. The maximum absolute atomic E-state index is 12.2. The first-order chi connectivity index (χ1) is 9.81. The molecule has 1 aromatic carbocycles. The molecule has 0 radical (unpaired) electrons. The first-order valence-electron chi connectivity index (χ1n) is 6.53. The van der Waals surface area contributed by atoms with E-state index in [0.717, 1.165) is 0 Å². The number of nitro groups is 1. The minimum Gasteiger partial charge on any atom is -0.480 e. The summed E-state index contributed by atoms with van der Waals surface area (Å²) in [6, 6.07) is 5.96. The Bertz CT molecular complexity index is 542. The molecule has 1 amide bonds. The van der Waals surface area contributed by atoms with Crippen LogP contribution in [0.4, 0.5) is 5.69 Å². The molecule has 114 valence electrons. The van der Waals surface area contributed by atoms with E-state index in [2.05, 4.69) is 0 Å². The van der Waals surface area contributed by atoms with Gasteiger partial charge >= 0.3 is 5.97 Å². The van der Waals surface area contributed by atoms with Crippen molar-refractivity contribution in [3.63, 3.8) is 0 Å². The third kappa shape index (κ3) is 5.21. The first-order valence-corrected chi connectivity index (χ1v) is 6.53. The van der Waals surface area contributed by atoms with E-state index >= 15 is 0 Å². The number of benzene rings is 1. The average Bonchev–Trinajstić information content (AvgIpc) is 2.37. The summed E-state index contributed by atoms with van der Waals surface area (Å²) < 4.78 is 0. The van der Waals surface area contributed by atoms with Gasteiger partial charge in [0.2, 0.25) is 5.91 Å². The van der Waals surface area contributed by atoms with Crippen LogP contribution in [-0.2, 0) is 16.0 Å². The normalized spacial score (nSPS) is 10.4. The van der Waals surface area contributed by atoms with Crippen LogP contribution in [0.15, 0.2) is 24.3 Å². The maximum Gasteiger partial charge on any atom is 0.323 e. The minimum absolute atomic E-state index is 0.110. The van der Waals surface area contributed by atoms with E-state index in [9.17, 15) is 19.7 Å². The zero-order valence-electron chi connectivity index (χ0n) is 12.0. The Morgan fingerprint density at radius 1 is 1.33 bits per heavy atom. The summed E-state index contributed by atoms with van der Waals surface area (Å²) in [7, 11) is 0. The SMILES string of the molecule is CC(C)CN(CC(=O)O)C(=O)Cc1ccccc1[N+](=O)[O-]. The molecule has 0 aromatic heterocycles. The predicted octanol–water partition coefficient (Wildman–Crippen LogP) is 1.71. The summed E-state index contributed by atoms with van der Waals surface area (Å²) in [6.45, 7) is 3.63. The van der Waals surface area contributed by atoms with Crippen molar-refractivity contribution in [3.05, 3.63) is 39.9 Å². The molecule has 0 unspecified atom stereocenters. The fraction of sp³-hybridized carbons (Fsp3) is 0.429. The van der Waals surface area contributed by atoms with E-state index < -0.39 is 23.3 Å². The maximum atomic E-state index is 12.2. The molecule has 1 rings (SSSR count). The highest BCUT2D eigenvalue weighted by molar-refractivity contribution is 5.83. The summed E-state index contributed by atoms with van der Waals surface area (Å²) in [4.78, 5) is 34.6. The second-order valence-electron chi connectivity index (χ2n) is 5.12. The molecule has 21 heavy (non-hydrogen) atoms. The van der Waals surface area contributed by atoms with Gasteiger partial charge in [-0.2, -0.15) is 0 Å². The van der Waals surface area contributed by atoms with Crippen LogP contribution in [-0.4, -0.2) is 39.9 Å². The molecule has 1 N–H and O–H groups in total. The fourth-order valence-corrected chi connectivity index (χ4v) is 1.97. The molecule has 7 nitrogen and oxygen atoms in total. The third-order valence-corrected chi connectivity index (χ3v) is 2.79. The van der Waals surface area contributed by atoms with Crippen molar-refractivity contribution in [3.8, 4) is 0 Å². The molecule has 1 aromatic rings. The number of para-hydroxylation sites is 1. The van der Waals surface area contributed by atoms with Gasteiger partial charge in [-0.15, -0.1) is 0 Å². The van der Waals surface area contributed by atoms with Gasteiger partial charge in [0.1, 0.15) is 6.54 Å². The summed E-state index contributed by atoms with van der Waals surface area (Å²) >= 11 is 0. The molecule has 0 heterocycles. The molecular weight excluding hydrogens is 276 g/mol. The zero-order chi connectivity index (χ0) is 16.0. The Morgan fingerprint density at radius 3 is 2.48 bits per heavy atom. The van der Waals surface area contributed by atoms with Crippen LogP contribution in [0, 0.1) is 16.0 Å². The Hall–Kier alpha value is -2.44. The number of carbonyl (C=O) groups excluding carboxylic acids is 1. The highest BCUT2D eigenvalue weighted by atomic mass is 16.6. The number of carbonyl (C=O) groups is 2. The molecule has 0 fully saturated rings. The molecule has 0 aliphatic rings. The number of rotatable bonds is 7. The van der Waals surface area contributed by atoms with Crippen molar-refractivity contribution in [1.82, 2.24) is 4.90 Å². The molecule has 0 atom stereocenters. The van der Waals surface area contributed by atoms with Crippen LogP contribution < -0.4 is 0 Å². The van der Waals surface area contributed by atoms with Gasteiger partial charge in [-0.1, -0.05) is 32.0 Å². The Morgan fingerprint density at radius 2 is 1.95 bits per heavy atom. The van der Waals surface area contributed by atoms with Crippen LogP contribution in [0.25, 0.3) is 0 Å². The van der Waals surface area contributed by atoms with Crippen LogP contribution >= 0.6 is 0 Å². The van der Waals surface area contributed by atoms with Crippen molar-refractivity contribution in [1.29, 1.82) is 0 Å². The van der Waals surface area contributed by atoms with Gasteiger partial charge in [0.05, 0.1) is 11.3 Å². The summed E-state index contributed by atoms with van der Waals surface area (Å²) in [5.41, 5.74) is 0.150. The van der Waals surface area contributed by atoms with Crippen molar-refractivity contribution in [2.75, 3.05) is 13.1 Å². The first kappa shape index (κ1) is 16.6. The van der Waals surface area contributed by atoms with Crippen LogP contribution in [0.1, 0.15) is 19.4 Å². The van der Waals surface area contributed by atoms with Crippen LogP contribution in [0.3, 0.4) is 0 Å². The lowest BCUT2D eigenvalue weighted by molar-refractivity contribution is -0.385. The summed E-state index contributed by atoms with van der Waals surface area (Å²) in [5, 5.41) is 19.8. The number of nitrogens with zero attached hydrogens (tertiary/aromatic N) is 2. The van der Waals surface area contributed by atoms with Gasteiger partial charge in [0.15, 0.2) is 0 Å². The van der Waals surface area contributed by atoms with Crippen molar-refractivity contribution in [2.45, 2.75) is 20.3 Å². The Labute approximate surface area is 122 Å². The lowest BCUT2D eigenvalue weighted by Crippen LogP contribution is -2.39. The molecular formula is C14H18N2O5. The van der Waals surface area contributed by atoms with Gasteiger partial charge in [0.25, 0.3) is 5.69 Å². The molecule has 0 spiro atoms. The third-order valence-electron chi connectivity index (χ3n) is 2.79. The highest BCUT2D eigenvalue weighted by Crippen LogP contribution is 2.19. The lowest BCUT2D eigenvalue weighted by Gasteiger charge is -2.22. The molecule has 7 heteroatoms. The number of carboxylic acids is 1. The van der Waals surface area contributed by atoms with Gasteiger partial charge in [-0.25, -0.2) is 0 Å². The average molecular weight is 294 g/mol. The molecule has 0 aliphatic heterocycles. The molecule has 0 aliphatic carbocycles. The van der Waals surface area contributed by atoms with Gasteiger partial charge in [0, 0.05) is 18.2 Å². The monoisotopic (exact) mass is 294 g/mol. The lowest BCUT2D eigenvalue weighted by atomic mass is 10.1. The molecule has 0 saturated heterocycles. The predicted molar refractivity (Wildman–Crippen MR) is 75.9 cm³/mol. The van der Waals surface area contributed by atoms with Crippen molar-refractivity contribution < 1.29 is 19.6 Å². The number of amides is 1. The smallest absolute Gasteiger partial charge is 0.323 e. The van der Waals surface area contributed by atoms with Gasteiger partial charge in [-0.05, 0) is 5.92 Å². The minimum atomic E-state index is -1.11. The van der Waals surface area contributed by atoms with E-state index in [1.165, 1.54) is 23.1 Å². The number of hydrogen-bond donors (Lipinski definition) is 1. The van der Waals surface area contributed by atoms with E-state index in [-0.39, 0.29) is 23.6 Å². The standard InChI is InChI=1S/C14H18N2O5/c1-10(2)8-15(9-14(18)19)13(17)7-11-5-3-4-6-12(11)16(20)21/h3-6,10H,7-9H2,1-2H3,(H,18,19). The van der Waals surface area contributed by atoms with E-state index in [1.807, 2.05) is 13.8 Å². The molecule has 0 saturated carbocycles. The quantitative estimate of drug-likeness (QED) is 0.609. The summed E-state index contributed by atoms with van der Waals surface area (Å²) in [6.07, 6.45) is -0.183. The Kier molecular flexibility index (Phi) is 5.83. The summed E-state index contributed by atoms with van der Waals surface area (Å²) in [5.74, 6) is -1.42. The van der Waals surface area contributed by atoms with E-state index in [1.54, 1.807) is 6.07 Å². The highest BCUT2D eigenvalue weighted by Gasteiger charge is 2.21. The van der Waals surface area contributed by atoms with Crippen molar-refractivity contribution in [2.24, 2.45) is 5.92 Å². The van der Waals surface area contributed by atoms with Crippen LogP contribution in [0.2, 0.25) is 0 Å². The largest absolute Gasteiger partial charge is 0.480 e. The fourth-order valence-electron chi connectivity index (χ4n) is 1.97. The second kappa shape index (κ2) is 7.37.